The van der Waals surface area contributed by atoms with E-state index in [4.69, 9.17) is 5.73 Å². The van der Waals surface area contributed by atoms with Gasteiger partial charge in [0, 0.05) is 0 Å². The molecule has 0 aliphatic rings. The van der Waals surface area contributed by atoms with E-state index >= 15 is 0 Å². The molecule has 0 saturated carbocycles. The van der Waals surface area contributed by atoms with Gasteiger partial charge in [0.15, 0.2) is 0 Å². The Morgan fingerprint density at radius 1 is 1.53 bits per heavy atom. The second-order valence-electron chi connectivity index (χ2n) is 3.36. The summed E-state index contributed by atoms with van der Waals surface area (Å²) in [6.45, 7) is 3.57. The van der Waals surface area contributed by atoms with Crippen molar-refractivity contribution < 1.29 is 8.42 Å². The van der Waals surface area contributed by atoms with Crippen LogP contribution in [0, 0.1) is 6.92 Å². The van der Waals surface area contributed by atoms with E-state index in [9.17, 15) is 8.42 Å². The number of nitrogens with zero attached hydrogens (tertiary/aromatic N) is 1. The van der Waals surface area contributed by atoms with Crippen molar-refractivity contribution in [3.63, 3.8) is 0 Å². The molecule has 1 heterocycles. The van der Waals surface area contributed by atoms with Crippen LogP contribution in [0.2, 0.25) is 0 Å². The smallest absolute Gasteiger partial charge is 0.233 e. The Hall–Kier alpha value is -1.30. The minimum atomic E-state index is -3.27. The maximum atomic E-state index is 11.5. The van der Waals surface area contributed by atoms with Gasteiger partial charge in [0.1, 0.15) is 5.82 Å². The van der Waals surface area contributed by atoms with E-state index in [0.717, 1.165) is 5.56 Å². The number of anilines is 2. The quantitative estimate of drug-likeness (QED) is 0.810. The van der Waals surface area contributed by atoms with Crippen LogP contribution in [-0.4, -0.2) is 19.2 Å². The lowest BCUT2D eigenvalue weighted by Crippen LogP contribution is -2.17. The number of nitrogens with two attached hydrogens (primary N) is 1. The number of nitrogens with one attached hydrogen (secondary N) is 1. The first-order chi connectivity index (χ1) is 6.94. The summed E-state index contributed by atoms with van der Waals surface area (Å²) in [4.78, 5) is 3.93. The summed E-state index contributed by atoms with van der Waals surface area (Å²) in [5.74, 6) is 0.441. The molecule has 0 saturated heterocycles. The standard InChI is InChI=1S/C9H15N3O2S/c1-3-4-15(13,14)12-9-7(2)5-8(10)6-11-9/h5-6H,3-4,10H2,1-2H3,(H,11,12). The molecule has 0 fully saturated rings. The van der Waals surface area contributed by atoms with Crippen molar-refractivity contribution in [1.29, 1.82) is 0 Å². The maximum Gasteiger partial charge on any atom is 0.233 e. The predicted octanol–water partition coefficient (Wildman–Crippen LogP) is 1.12. The van der Waals surface area contributed by atoms with Crippen molar-refractivity contribution in [3.8, 4) is 0 Å². The lowest BCUT2D eigenvalue weighted by Gasteiger charge is -2.08. The Kier molecular flexibility index (Phi) is 3.52. The molecule has 0 unspecified atom stereocenters. The molecule has 0 aliphatic heterocycles. The molecule has 0 aliphatic carbocycles. The molecule has 1 aromatic heterocycles. The zero-order valence-electron chi connectivity index (χ0n) is 8.82. The molecule has 0 aromatic carbocycles. The molecule has 15 heavy (non-hydrogen) atoms. The number of aryl methyl sites for hydroxylation is 1. The Morgan fingerprint density at radius 2 is 2.20 bits per heavy atom. The van der Waals surface area contributed by atoms with E-state index in [2.05, 4.69) is 9.71 Å². The zero-order valence-corrected chi connectivity index (χ0v) is 9.63. The minimum absolute atomic E-state index is 0.0957. The molecule has 1 aromatic rings. The van der Waals surface area contributed by atoms with Crippen molar-refractivity contribution >= 4 is 21.5 Å². The van der Waals surface area contributed by atoms with E-state index in [0.29, 0.717) is 17.9 Å². The topological polar surface area (TPSA) is 85.1 Å². The van der Waals surface area contributed by atoms with E-state index in [-0.39, 0.29) is 5.75 Å². The van der Waals surface area contributed by atoms with E-state index < -0.39 is 10.0 Å². The van der Waals surface area contributed by atoms with Gasteiger partial charge in [-0.1, -0.05) is 6.92 Å². The van der Waals surface area contributed by atoms with Crippen LogP contribution in [0.3, 0.4) is 0 Å². The molecular weight excluding hydrogens is 214 g/mol. The summed E-state index contributed by atoms with van der Waals surface area (Å²) in [5, 5.41) is 0. The average Bonchev–Trinajstić information content (AvgIpc) is 2.09. The fourth-order valence-electron chi connectivity index (χ4n) is 1.17. The highest BCUT2D eigenvalue weighted by atomic mass is 32.2. The number of aromatic nitrogens is 1. The van der Waals surface area contributed by atoms with Gasteiger partial charge in [0.05, 0.1) is 17.6 Å². The van der Waals surface area contributed by atoms with Gasteiger partial charge in [0.25, 0.3) is 0 Å². The second kappa shape index (κ2) is 4.48. The molecule has 0 spiro atoms. The van der Waals surface area contributed by atoms with Gasteiger partial charge in [-0.15, -0.1) is 0 Å². The first kappa shape index (κ1) is 11.8. The summed E-state index contributed by atoms with van der Waals surface area (Å²) < 4.78 is 25.3. The Bertz CT molecular complexity index is 443. The number of hydrogen-bond acceptors (Lipinski definition) is 4. The molecular formula is C9H15N3O2S. The van der Waals surface area contributed by atoms with Gasteiger partial charge in [-0.3, -0.25) is 4.72 Å². The third-order valence-corrected chi connectivity index (χ3v) is 3.27. The average molecular weight is 229 g/mol. The van der Waals surface area contributed by atoms with E-state index in [1.807, 2.05) is 6.92 Å². The van der Waals surface area contributed by atoms with Crippen molar-refractivity contribution in [2.45, 2.75) is 20.3 Å². The number of pyridine rings is 1. The normalized spacial score (nSPS) is 11.3. The van der Waals surface area contributed by atoms with Crippen LogP contribution in [0.15, 0.2) is 12.3 Å². The monoisotopic (exact) mass is 229 g/mol. The highest BCUT2D eigenvalue weighted by Gasteiger charge is 2.11. The number of nitrogen functional groups attached to an aromatic ring is 1. The number of rotatable bonds is 4. The lowest BCUT2D eigenvalue weighted by atomic mass is 10.3. The second-order valence-corrected chi connectivity index (χ2v) is 5.20. The third-order valence-electron chi connectivity index (χ3n) is 1.82. The van der Waals surface area contributed by atoms with Gasteiger partial charge in [-0.05, 0) is 25.0 Å². The summed E-state index contributed by atoms with van der Waals surface area (Å²) in [5.41, 5.74) is 6.75. The van der Waals surface area contributed by atoms with Gasteiger partial charge < -0.3 is 5.73 Å². The summed E-state index contributed by atoms with van der Waals surface area (Å²) >= 11 is 0. The van der Waals surface area contributed by atoms with Crippen LogP contribution in [0.5, 0.6) is 0 Å². The van der Waals surface area contributed by atoms with Crippen molar-refractivity contribution in [2.75, 3.05) is 16.2 Å². The fraction of sp³-hybridized carbons (Fsp3) is 0.444. The molecule has 3 N–H and O–H groups in total. The van der Waals surface area contributed by atoms with Crippen molar-refractivity contribution in [1.82, 2.24) is 4.98 Å². The molecule has 0 atom stereocenters. The minimum Gasteiger partial charge on any atom is -0.397 e. The number of hydrogen-bond donors (Lipinski definition) is 2. The van der Waals surface area contributed by atoms with E-state index in [1.165, 1.54) is 6.20 Å². The molecule has 0 bridgehead atoms. The zero-order chi connectivity index (χ0) is 11.5. The highest BCUT2D eigenvalue weighted by Crippen LogP contribution is 2.15. The molecule has 1 rings (SSSR count). The largest absolute Gasteiger partial charge is 0.397 e. The van der Waals surface area contributed by atoms with Crippen LogP contribution in [0.1, 0.15) is 18.9 Å². The molecule has 0 radical (unpaired) electrons. The highest BCUT2D eigenvalue weighted by molar-refractivity contribution is 7.92. The van der Waals surface area contributed by atoms with Crippen LogP contribution in [-0.2, 0) is 10.0 Å². The summed E-state index contributed by atoms with van der Waals surface area (Å²) in [7, 11) is -3.27. The summed E-state index contributed by atoms with van der Waals surface area (Å²) in [6, 6.07) is 1.68. The van der Waals surface area contributed by atoms with Gasteiger partial charge in [-0.2, -0.15) is 0 Å². The number of sulfonamides is 1. The maximum absolute atomic E-state index is 11.5. The fourth-order valence-corrected chi connectivity index (χ4v) is 2.32. The van der Waals surface area contributed by atoms with Gasteiger partial charge in [-0.25, -0.2) is 13.4 Å². The summed E-state index contributed by atoms with van der Waals surface area (Å²) in [6.07, 6.45) is 2.00. The van der Waals surface area contributed by atoms with Crippen LogP contribution >= 0.6 is 0 Å². The predicted molar refractivity (Wildman–Crippen MR) is 61.1 cm³/mol. The van der Waals surface area contributed by atoms with Crippen LogP contribution in [0.4, 0.5) is 11.5 Å². The Balaban J connectivity index is 2.90. The van der Waals surface area contributed by atoms with Crippen molar-refractivity contribution in [3.05, 3.63) is 17.8 Å². The molecule has 0 amide bonds. The SMILES string of the molecule is CCCS(=O)(=O)Nc1ncc(N)cc1C. The molecule has 5 nitrogen and oxygen atoms in total. The van der Waals surface area contributed by atoms with Gasteiger partial charge in [0.2, 0.25) is 10.0 Å². The molecule has 84 valence electrons. The Morgan fingerprint density at radius 3 is 2.73 bits per heavy atom. The lowest BCUT2D eigenvalue weighted by molar-refractivity contribution is 0.599. The molecule has 6 heteroatoms. The van der Waals surface area contributed by atoms with Crippen LogP contribution < -0.4 is 10.5 Å². The Labute approximate surface area is 89.8 Å². The third kappa shape index (κ3) is 3.39. The van der Waals surface area contributed by atoms with Crippen molar-refractivity contribution in [2.24, 2.45) is 0 Å². The van der Waals surface area contributed by atoms with Gasteiger partial charge >= 0.3 is 0 Å². The first-order valence-corrected chi connectivity index (χ1v) is 6.32. The first-order valence-electron chi connectivity index (χ1n) is 4.67. The van der Waals surface area contributed by atoms with E-state index in [1.54, 1.807) is 13.0 Å². The van der Waals surface area contributed by atoms with Crippen LogP contribution in [0.25, 0.3) is 0 Å².